The molecular weight excluding hydrogens is 176 g/mol. The van der Waals surface area contributed by atoms with Gasteiger partial charge in [-0.2, -0.15) is 0 Å². The Hall–Kier alpha value is -1.39. The van der Waals surface area contributed by atoms with E-state index in [1.807, 2.05) is 13.8 Å². The summed E-state index contributed by atoms with van der Waals surface area (Å²) in [5, 5.41) is 0. The van der Waals surface area contributed by atoms with Crippen LogP contribution in [0, 0.1) is 5.92 Å². The van der Waals surface area contributed by atoms with Crippen molar-refractivity contribution in [2.24, 2.45) is 5.92 Å². The second kappa shape index (κ2) is 5.29. The summed E-state index contributed by atoms with van der Waals surface area (Å²) in [6, 6.07) is 0. The maximum absolute atomic E-state index is 10.8. The maximum Gasteiger partial charge on any atom is 0.386 e. The van der Waals surface area contributed by atoms with Gasteiger partial charge in [0.05, 0.1) is 13.7 Å². The Labute approximate surface area is 76.0 Å². The predicted octanol–water partition coefficient (Wildman–Crippen LogP) is -0.0723. The highest BCUT2D eigenvalue weighted by molar-refractivity contribution is 6.60. The van der Waals surface area contributed by atoms with E-state index in [0.717, 1.165) is 7.11 Å². The molecule has 74 valence electrons. The van der Waals surface area contributed by atoms with Crippen LogP contribution < -0.4 is 0 Å². The maximum atomic E-state index is 10.8. The Morgan fingerprint density at radius 1 is 1.15 bits per heavy atom. The van der Waals surface area contributed by atoms with Crippen LogP contribution in [0.1, 0.15) is 13.8 Å². The van der Waals surface area contributed by atoms with E-state index in [9.17, 15) is 14.4 Å². The Bertz CT molecular complexity index is 219. The molecule has 0 N–H and O–H groups in total. The van der Waals surface area contributed by atoms with E-state index in [0.29, 0.717) is 0 Å². The number of esters is 2. The van der Waals surface area contributed by atoms with E-state index in [1.165, 1.54) is 0 Å². The summed E-state index contributed by atoms with van der Waals surface area (Å²) in [4.78, 5) is 32.0. The minimum atomic E-state index is -1.27. The largest absolute Gasteiger partial charge is 0.463 e. The molecule has 0 aromatic rings. The fraction of sp³-hybridized carbons (Fsp3) is 0.625. The smallest absolute Gasteiger partial charge is 0.386 e. The molecule has 0 bridgehead atoms. The van der Waals surface area contributed by atoms with Crippen LogP contribution in [0.5, 0.6) is 0 Å². The van der Waals surface area contributed by atoms with E-state index in [1.54, 1.807) is 0 Å². The van der Waals surface area contributed by atoms with Crippen molar-refractivity contribution in [1.29, 1.82) is 0 Å². The number of hydrogen-bond acceptors (Lipinski definition) is 5. The van der Waals surface area contributed by atoms with Gasteiger partial charge in [-0.15, -0.1) is 0 Å². The minimum Gasteiger partial charge on any atom is -0.463 e. The van der Waals surface area contributed by atoms with Gasteiger partial charge in [0.25, 0.3) is 0 Å². The number of methoxy groups -OCH3 is 1. The van der Waals surface area contributed by atoms with Crippen molar-refractivity contribution in [2.45, 2.75) is 13.8 Å². The van der Waals surface area contributed by atoms with Gasteiger partial charge in [-0.05, 0) is 5.92 Å². The summed E-state index contributed by atoms with van der Waals surface area (Å²) in [7, 11) is 1.02. The van der Waals surface area contributed by atoms with Crippen LogP contribution in [0.3, 0.4) is 0 Å². The summed E-state index contributed by atoms with van der Waals surface area (Å²) < 4.78 is 8.55. The van der Waals surface area contributed by atoms with Crippen molar-refractivity contribution in [3.8, 4) is 0 Å². The molecule has 0 aliphatic rings. The highest BCUT2D eigenvalue weighted by atomic mass is 16.6. The zero-order chi connectivity index (χ0) is 10.4. The number of rotatable bonds is 4. The molecule has 0 aromatic carbocycles. The number of hydrogen-bond donors (Lipinski definition) is 0. The third-order valence-electron chi connectivity index (χ3n) is 1.10. The average molecular weight is 188 g/mol. The average Bonchev–Trinajstić information content (AvgIpc) is 2.11. The van der Waals surface area contributed by atoms with Gasteiger partial charge in [-0.1, -0.05) is 13.8 Å². The summed E-state index contributed by atoms with van der Waals surface area (Å²) >= 11 is 0. The monoisotopic (exact) mass is 188 g/mol. The van der Waals surface area contributed by atoms with Crippen molar-refractivity contribution in [3.63, 3.8) is 0 Å². The first-order valence-corrected chi connectivity index (χ1v) is 3.78. The predicted molar refractivity (Wildman–Crippen MR) is 42.8 cm³/mol. The quantitative estimate of drug-likeness (QED) is 0.351. The van der Waals surface area contributed by atoms with Crippen LogP contribution in [-0.2, 0) is 23.9 Å². The molecule has 0 aromatic heterocycles. The Morgan fingerprint density at radius 3 is 2.08 bits per heavy atom. The van der Waals surface area contributed by atoms with Crippen LogP contribution in [0.25, 0.3) is 0 Å². The lowest BCUT2D eigenvalue weighted by Gasteiger charge is -2.04. The van der Waals surface area contributed by atoms with Gasteiger partial charge in [0, 0.05) is 0 Å². The second-order valence-electron chi connectivity index (χ2n) is 2.81. The summed E-state index contributed by atoms with van der Waals surface area (Å²) in [5.74, 6) is -3.52. The third-order valence-corrected chi connectivity index (χ3v) is 1.10. The lowest BCUT2D eigenvalue weighted by Crippen LogP contribution is -2.28. The van der Waals surface area contributed by atoms with Crippen molar-refractivity contribution in [1.82, 2.24) is 0 Å². The van der Waals surface area contributed by atoms with Gasteiger partial charge in [-0.3, -0.25) is 4.79 Å². The molecule has 0 atom stereocenters. The first kappa shape index (κ1) is 11.6. The molecule has 0 aliphatic heterocycles. The first-order chi connectivity index (χ1) is 5.99. The Balaban J connectivity index is 3.98. The lowest BCUT2D eigenvalue weighted by molar-refractivity contribution is -0.163. The van der Waals surface area contributed by atoms with Gasteiger partial charge in [-0.25, -0.2) is 9.59 Å². The zero-order valence-corrected chi connectivity index (χ0v) is 7.83. The van der Waals surface area contributed by atoms with Gasteiger partial charge in [0.2, 0.25) is 0 Å². The Morgan fingerprint density at radius 2 is 1.69 bits per heavy atom. The number of ketones is 1. The molecule has 0 fully saturated rings. The van der Waals surface area contributed by atoms with Gasteiger partial charge >= 0.3 is 17.7 Å². The van der Waals surface area contributed by atoms with E-state index in [4.69, 9.17) is 0 Å². The molecule has 0 heterocycles. The molecule has 5 nitrogen and oxygen atoms in total. The molecule has 0 amide bonds. The molecule has 0 rings (SSSR count). The van der Waals surface area contributed by atoms with E-state index in [2.05, 4.69) is 9.47 Å². The minimum absolute atomic E-state index is 0.113. The standard InChI is InChI=1S/C8H12O5/c1-5(2)4-13-8(11)6(9)7(10)12-3/h5H,4H2,1-3H3. The van der Waals surface area contributed by atoms with Crippen LogP contribution in [0.2, 0.25) is 0 Å². The normalized spacial score (nSPS) is 9.54. The van der Waals surface area contributed by atoms with E-state index < -0.39 is 17.7 Å². The highest BCUT2D eigenvalue weighted by Crippen LogP contribution is 1.94. The van der Waals surface area contributed by atoms with Crippen molar-refractivity contribution < 1.29 is 23.9 Å². The van der Waals surface area contributed by atoms with Crippen LogP contribution in [0.15, 0.2) is 0 Å². The summed E-state index contributed by atoms with van der Waals surface area (Å²) in [6.45, 7) is 3.74. The van der Waals surface area contributed by atoms with Gasteiger partial charge < -0.3 is 9.47 Å². The van der Waals surface area contributed by atoms with Crippen LogP contribution in [-0.4, -0.2) is 31.4 Å². The van der Waals surface area contributed by atoms with Crippen molar-refractivity contribution in [2.75, 3.05) is 13.7 Å². The van der Waals surface area contributed by atoms with Crippen molar-refractivity contribution in [3.05, 3.63) is 0 Å². The zero-order valence-electron chi connectivity index (χ0n) is 7.83. The topological polar surface area (TPSA) is 69.7 Å². The fourth-order valence-electron chi connectivity index (χ4n) is 0.484. The van der Waals surface area contributed by atoms with Gasteiger partial charge in [0.1, 0.15) is 0 Å². The molecule has 0 radical (unpaired) electrons. The summed E-state index contributed by atoms with van der Waals surface area (Å²) in [5.41, 5.74) is 0. The molecule has 0 aliphatic carbocycles. The SMILES string of the molecule is COC(=O)C(=O)C(=O)OCC(C)C. The number of carbonyl (C=O) groups excluding carboxylic acids is 3. The van der Waals surface area contributed by atoms with E-state index in [-0.39, 0.29) is 12.5 Å². The van der Waals surface area contributed by atoms with Crippen LogP contribution in [0.4, 0.5) is 0 Å². The molecule has 13 heavy (non-hydrogen) atoms. The van der Waals surface area contributed by atoms with E-state index >= 15 is 0 Å². The Kier molecular flexibility index (Phi) is 4.72. The molecule has 0 saturated heterocycles. The first-order valence-electron chi connectivity index (χ1n) is 3.78. The number of ether oxygens (including phenoxy) is 2. The molecule has 5 heteroatoms. The molecule has 0 unspecified atom stereocenters. The highest BCUT2D eigenvalue weighted by Gasteiger charge is 2.25. The summed E-state index contributed by atoms with van der Waals surface area (Å²) in [6.07, 6.45) is 0. The van der Waals surface area contributed by atoms with Crippen molar-refractivity contribution >= 4 is 17.7 Å². The third kappa shape index (κ3) is 4.25. The number of Topliss-reactive ketones (excluding diaryl/α,β-unsaturated/α-hetero) is 1. The lowest BCUT2D eigenvalue weighted by atomic mass is 10.2. The molecular formula is C8H12O5. The fourth-order valence-corrected chi connectivity index (χ4v) is 0.484. The van der Waals surface area contributed by atoms with Crippen LogP contribution >= 0.6 is 0 Å². The molecule has 0 spiro atoms. The molecule has 0 saturated carbocycles. The van der Waals surface area contributed by atoms with Gasteiger partial charge in [0.15, 0.2) is 0 Å². The second-order valence-corrected chi connectivity index (χ2v) is 2.81. The number of carbonyl (C=O) groups is 3.